The molecule has 0 bridgehead atoms. The maximum atomic E-state index is 13.5. The van der Waals surface area contributed by atoms with Gasteiger partial charge in [-0.15, -0.1) is 0 Å². The van der Waals surface area contributed by atoms with Gasteiger partial charge in [-0.25, -0.2) is 0 Å². The molecule has 0 aromatic heterocycles. The van der Waals surface area contributed by atoms with Crippen molar-refractivity contribution in [2.24, 2.45) is 5.92 Å². The summed E-state index contributed by atoms with van der Waals surface area (Å²) in [5.41, 5.74) is 2.95. The Morgan fingerprint density at radius 3 is 2.47 bits per heavy atom. The topological polar surface area (TPSA) is 49.9 Å². The van der Waals surface area contributed by atoms with Crippen LogP contribution in [0.1, 0.15) is 28.8 Å². The van der Waals surface area contributed by atoms with E-state index in [2.05, 4.69) is 35.2 Å². The second-order valence-electron chi connectivity index (χ2n) is 8.36. The summed E-state index contributed by atoms with van der Waals surface area (Å²) in [7, 11) is 1.68. The third-order valence-corrected chi connectivity index (χ3v) is 6.36. The van der Waals surface area contributed by atoms with E-state index in [1.165, 1.54) is 16.3 Å². The van der Waals surface area contributed by atoms with E-state index in [-0.39, 0.29) is 11.8 Å². The van der Waals surface area contributed by atoms with E-state index in [9.17, 15) is 9.59 Å². The van der Waals surface area contributed by atoms with Gasteiger partial charge in [0.1, 0.15) is 6.29 Å². The molecule has 4 rings (SSSR count). The van der Waals surface area contributed by atoms with Crippen molar-refractivity contribution in [3.8, 4) is 0 Å². The van der Waals surface area contributed by atoms with Crippen molar-refractivity contribution in [2.75, 3.05) is 38.3 Å². The summed E-state index contributed by atoms with van der Waals surface area (Å²) in [6, 6.07) is 22.3. The van der Waals surface area contributed by atoms with Crippen LogP contribution in [-0.4, -0.2) is 50.4 Å². The Balaban J connectivity index is 1.44. The summed E-state index contributed by atoms with van der Waals surface area (Å²) in [4.78, 5) is 28.6. The highest BCUT2D eigenvalue weighted by Gasteiger charge is 2.29. The highest BCUT2D eigenvalue weighted by atomic mass is 16.5. The Bertz CT molecular complexity index is 1050. The average Bonchev–Trinajstić information content (AvgIpc) is 2.86. The Hall–Kier alpha value is -3.18. The Morgan fingerprint density at radius 2 is 1.75 bits per heavy atom. The minimum Gasteiger partial charge on any atom is -0.383 e. The van der Waals surface area contributed by atoms with Crippen molar-refractivity contribution in [1.82, 2.24) is 4.90 Å². The van der Waals surface area contributed by atoms with Crippen molar-refractivity contribution in [1.29, 1.82) is 0 Å². The van der Waals surface area contributed by atoms with Crippen LogP contribution in [-0.2, 0) is 16.1 Å². The van der Waals surface area contributed by atoms with Crippen molar-refractivity contribution in [2.45, 2.75) is 19.4 Å². The maximum Gasteiger partial charge on any atom is 0.226 e. The van der Waals surface area contributed by atoms with Gasteiger partial charge in [0.25, 0.3) is 0 Å². The van der Waals surface area contributed by atoms with E-state index in [4.69, 9.17) is 4.74 Å². The van der Waals surface area contributed by atoms with E-state index in [1.54, 1.807) is 7.11 Å². The quantitative estimate of drug-likeness (QED) is 0.492. The number of benzene rings is 3. The lowest BCUT2D eigenvalue weighted by Gasteiger charge is -2.35. The van der Waals surface area contributed by atoms with Gasteiger partial charge in [0, 0.05) is 50.5 Å². The lowest BCUT2D eigenvalue weighted by atomic mass is 9.94. The van der Waals surface area contributed by atoms with Gasteiger partial charge in [0.2, 0.25) is 5.91 Å². The second kappa shape index (κ2) is 10.4. The van der Waals surface area contributed by atoms with E-state index in [1.807, 2.05) is 41.3 Å². The molecule has 3 aromatic rings. The molecule has 0 atom stereocenters. The zero-order valence-corrected chi connectivity index (χ0v) is 18.6. The van der Waals surface area contributed by atoms with Crippen LogP contribution in [0.25, 0.3) is 10.8 Å². The number of aldehydes is 1. The summed E-state index contributed by atoms with van der Waals surface area (Å²) in [6.45, 7) is 3.38. The van der Waals surface area contributed by atoms with Gasteiger partial charge in [-0.2, -0.15) is 0 Å². The van der Waals surface area contributed by atoms with Crippen molar-refractivity contribution < 1.29 is 14.3 Å². The number of carbonyl (C=O) groups excluding carboxylic acids is 2. The minimum atomic E-state index is 0.0207. The Kier molecular flexibility index (Phi) is 7.17. The van der Waals surface area contributed by atoms with Gasteiger partial charge in [0.05, 0.1) is 6.61 Å². The minimum absolute atomic E-state index is 0.0207. The Labute approximate surface area is 189 Å². The van der Waals surface area contributed by atoms with Crippen LogP contribution < -0.4 is 4.90 Å². The van der Waals surface area contributed by atoms with Crippen molar-refractivity contribution in [3.05, 3.63) is 77.9 Å². The molecular weight excluding hydrogens is 400 g/mol. The number of amides is 1. The molecule has 3 aromatic carbocycles. The van der Waals surface area contributed by atoms with Crippen molar-refractivity contribution in [3.63, 3.8) is 0 Å². The molecule has 1 aliphatic rings. The largest absolute Gasteiger partial charge is 0.383 e. The zero-order valence-electron chi connectivity index (χ0n) is 18.6. The van der Waals surface area contributed by atoms with Crippen LogP contribution in [0.15, 0.2) is 66.7 Å². The van der Waals surface area contributed by atoms with Crippen LogP contribution in [0.5, 0.6) is 0 Å². The summed E-state index contributed by atoms with van der Waals surface area (Å²) in [5.74, 6) is 0.235. The molecule has 1 amide bonds. The normalized spacial score (nSPS) is 14.5. The van der Waals surface area contributed by atoms with E-state index in [0.29, 0.717) is 25.3 Å². The molecule has 1 fully saturated rings. The molecule has 0 radical (unpaired) electrons. The highest BCUT2D eigenvalue weighted by molar-refractivity contribution is 5.86. The number of anilines is 1. The first-order valence-corrected chi connectivity index (χ1v) is 11.2. The fraction of sp³-hybridized carbons (Fsp3) is 0.333. The summed E-state index contributed by atoms with van der Waals surface area (Å²) >= 11 is 0. The third-order valence-electron chi connectivity index (χ3n) is 6.36. The molecule has 0 N–H and O–H groups in total. The first-order valence-electron chi connectivity index (χ1n) is 11.2. The number of hydrogen-bond acceptors (Lipinski definition) is 4. The van der Waals surface area contributed by atoms with Gasteiger partial charge in [0.15, 0.2) is 0 Å². The van der Waals surface area contributed by atoms with Crippen LogP contribution in [0.2, 0.25) is 0 Å². The number of rotatable bonds is 8. The van der Waals surface area contributed by atoms with Crippen molar-refractivity contribution >= 4 is 28.7 Å². The molecule has 166 valence electrons. The highest BCUT2D eigenvalue weighted by Crippen LogP contribution is 2.26. The van der Waals surface area contributed by atoms with Crippen LogP contribution >= 0.6 is 0 Å². The van der Waals surface area contributed by atoms with Gasteiger partial charge >= 0.3 is 0 Å². The maximum absolute atomic E-state index is 13.5. The predicted molar refractivity (Wildman–Crippen MR) is 128 cm³/mol. The third kappa shape index (κ3) is 5.00. The summed E-state index contributed by atoms with van der Waals surface area (Å²) in [5, 5.41) is 2.39. The molecule has 0 aliphatic carbocycles. The molecule has 0 saturated carbocycles. The van der Waals surface area contributed by atoms with Crippen LogP contribution in [0, 0.1) is 5.92 Å². The zero-order chi connectivity index (χ0) is 22.3. The molecule has 0 unspecified atom stereocenters. The molecule has 5 heteroatoms. The van der Waals surface area contributed by atoms with Gasteiger partial charge in [-0.1, -0.05) is 42.5 Å². The molecule has 0 spiro atoms. The molecule has 1 aliphatic heterocycles. The summed E-state index contributed by atoms with van der Waals surface area (Å²) < 4.78 is 5.30. The van der Waals surface area contributed by atoms with Gasteiger partial charge in [-0.05, 0) is 53.4 Å². The van der Waals surface area contributed by atoms with Gasteiger partial charge in [-0.3, -0.25) is 9.59 Å². The van der Waals surface area contributed by atoms with Crippen LogP contribution in [0.3, 0.4) is 0 Å². The summed E-state index contributed by atoms with van der Waals surface area (Å²) in [6.07, 6.45) is 2.51. The van der Waals surface area contributed by atoms with E-state index in [0.717, 1.165) is 37.9 Å². The molecule has 1 saturated heterocycles. The predicted octanol–water partition coefficient (Wildman–Crippen LogP) is 4.54. The number of piperidine rings is 1. The smallest absolute Gasteiger partial charge is 0.226 e. The molecule has 1 heterocycles. The molecule has 5 nitrogen and oxygen atoms in total. The standard InChI is InChI=1S/C27H30N2O3/c1-32-18-17-29(19-24-7-4-6-22-5-2-3-8-26(22)24)27(31)23-13-15-28(16-14-23)25-11-9-21(20-30)10-12-25/h2-12,20,23H,13-19H2,1H3. The van der Waals surface area contributed by atoms with Gasteiger partial charge < -0.3 is 14.5 Å². The number of methoxy groups -OCH3 is 1. The Morgan fingerprint density at radius 1 is 1.03 bits per heavy atom. The van der Waals surface area contributed by atoms with Crippen LogP contribution in [0.4, 0.5) is 5.69 Å². The van der Waals surface area contributed by atoms with E-state index >= 15 is 0 Å². The number of ether oxygens (including phenoxy) is 1. The number of fused-ring (bicyclic) bond motifs is 1. The second-order valence-corrected chi connectivity index (χ2v) is 8.36. The fourth-order valence-electron chi connectivity index (χ4n) is 4.51. The first-order chi connectivity index (χ1) is 15.7. The first kappa shape index (κ1) is 22.0. The molecule has 32 heavy (non-hydrogen) atoms. The average molecular weight is 431 g/mol. The molecular formula is C27H30N2O3. The lowest BCUT2D eigenvalue weighted by molar-refractivity contribution is -0.137. The lowest BCUT2D eigenvalue weighted by Crippen LogP contribution is -2.43. The number of nitrogens with zero attached hydrogens (tertiary/aromatic N) is 2. The SMILES string of the molecule is COCCN(Cc1cccc2ccccc12)C(=O)C1CCN(c2ccc(C=O)cc2)CC1. The number of carbonyl (C=O) groups is 2. The number of hydrogen-bond donors (Lipinski definition) is 0. The fourth-order valence-corrected chi connectivity index (χ4v) is 4.51. The van der Waals surface area contributed by atoms with E-state index < -0.39 is 0 Å². The monoisotopic (exact) mass is 430 g/mol.